The van der Waals surface area contributed by atoms with Crippen molar-refractivity contribution >= 4 is 6.09 Å². The summed E-state index contributed by atoms with van der Waals surface area (Å²) in [5, 5.41) is 7.86. The van der Waals surface area contributed by atoms with Gasteiger partial charge in [0.1, 0.15) is 5.60 Å². The molecule has 1 aromatic heterocycles. The Balaban J connectivity index is 1.81. The van der Waals surface area contributed by atoms with Crippen molar-refractivity contribution in [2.45, 2.75) is 71.2 Å². The predicted molar refractivity (Wildman–Crippen MR) is 90.1 cm³/mol. The molecular weight excluding hydrogens is 292 g/mol. The van der Waals surface area contributed by atoms with Crippen LogP contribution in [-0.2, 0) is 18.3 Å². The van der Waals surface area contributed by atoms with Crippen LogP contribution in [0.15, 0.2) is 12.3 Å². The molecule has 1 fully saturated rings. The van der Waals surface area contributed by atoms with E-state index in [1.165, 1.54) is 0 Å². The van der Waals surface area contributed by atoms with E-state index in [4.69, 9.17) is 4.74 Å². The van der Waals surface area contributed by atoms with Crippen molar-refractivity contribution < 1.29 is 9.53 Å². The van der Waals surface area contributed by atoms with E-state index < -0.39 is 5.60 Å². The average Bonchev–Trinajstić information content (AvgIpc) is 3.03. The number of amides is 1. The lowest BCUT2D eigenvalue weighted by Crippen LogP contribution is -2.42. The van der Waals surface area contributed by atoms with Gasteiger partial charge in [0.15, 0.2) is 0 Å². The zero-order valence-corrected chi connectivity index (χ0v) is 15.0. The topological polar surface area (TPSA) is 59.4 Å². The normalized spacial score (nSPS) is 19.9. The van der Waals surface area contributed by atoms with E-state index in [-0.39, 0.29) is 12.1 Å². The van der Waals surface area contributed by atoms with Crippen molar-refractivity contribution in [1.82, 2.24) is 20.0 Å². The Morgan fingerprint density at radius 3 is 2.87 bits per heavy atom. The second-order valence-corrected chi connectivity index (χ2v) is 7.47. The van der Waals surface area contributed by atoms with Gasteiger partial charge in [0, 0.05) is 38.4 Å². The lowest BCUT2D eigenvalue weighted by atomic mass is 10.1. The first-order valence-corrected chi connectivity index (χ1v) is 8.46. The highest BCUT2D eigenvalue weighted by Gasteiger charge is 2.32. The lowest BCUT2D eigenvalue weighted by Gasteiger charge is -2.30. The summed E-state index contributed by atoms with van der Waals surface area (Å²) in [4.78, 5) is 14.2. The molecule has 0 saturated carbocycles. The molecule has 2 rings (SSSR count). The molecule has 0 aliphatic carbocycles. The van der Waals surface area contributed by atoms with Gasteiger partial charge in [-0.1, -0.05) is 0 Å². The largest absolute Gasteiger partial charge is 0.444 e. The third-order valence-electron chi connectivity index (χ3n) is 4.03. The first-order chi connectivity index (χ1) is 10.7. The summed E-state index contributed by atoms with van der Waals surface area (Å²) in [6.07, 6.45) is 4.80. The number of nitrogens with one attached hydrogen (secondary N) is 1. The molecule has 1 aliphatic heterocycles. The van der Waals surface area contributed by atoms with Gasteiger partial charge in [-0.3, -0.25) is 4.68 Å². The molecule has 0 spiro atoms. The number of nitrogens with zero attached hydrogens (tertiary/aromatic N) is 3. The fraction of sp³-hybridized carbons (Fsp3) is 0.765. The fourth-order valence-electron chi connectivity index (χ4n) is 2.97. The minimum Gasteiger partial charge on any atom is -0.444 e. The highest BCUT2D eigenvalue weighted by molar-refractivity contribution is 5.68. The van der Waals surface area contributed by atoms with Crippen LogP contribution in [0.3, 0.4) is 0 Å². The van der Waals surface area contributed by atoms with E-state index >= 15 is 0 Å². The maximum absolute atomic E-state index is 12.3. The van der Waals surface area contributed by atoms with Gasteiger partial charge in [-0.15, -0.1) is 0 Å². The number of hydrogen-bond acceptors (Lipinski definition) is 4. The average molecular weight is 322 g/mol. The quantitative estimate of drug-likeness (QED) is 0.905. The van der Waals surface area contributed by atoms with Crippen molar-refractivity contribution in [3.63, 3.8) is 0 Å². The van der Waals surface area contributed by atoms with Crippen molar-refractivity contribution in [2.24, 2.45) is 7.05 Å². The van der Waals surface area contributed by atoms with E-state index in [0.717, 1.165) is 38.0 Å². The molecular formula is C17H30N4O2. The van der Waals surface area contributed by atoms with Crippen molar-refractivity contribution in [1.29, 1.82) is 0 Å². The van der Waals surface area contributed by atoms with Gasteiger partial charge in [0.2, 0.25) is 0 Å². The van der Waals surface area contributed by atoms with Crippen molar-refractivity contribution in [3.05, 3.63) is 18.0 Å². The minimum absolute atomic E-state index is 0.183. The first kappa shape index (κ1) is 17.8. The van der Waals surface area contributed by atoms with E-state index in [0.29, 0.717) is 6.04 Å². The second-order valence-electron chi connectivity index (χ2n) is 7.47. The van der Waals surface area contributed by atoms with Crippen LogP contribution >= 0.6 is 0 Å². The summed E-state index contributed by atoms with van der Waals surface area (Å²) in [5.74, 6) is 0. The van der Waals surface area contributed by atoms with E-state index in [9.17, 15) is 4.79 Å². The Kier molecular flexibility index (Phi) is 5.68. The smallest absolute Gasteiger partial charge is 0.410 e. The van der Waals surface area contributed by atoms with Gasteiger partial charge in [-0.25, -0.2) is 4.79 Å². The molecule has 130 valence electrons. The molecule has 0 aromatic carbocycles. The van der Waals surface area contributed by atoms with E-state index in [1.54, 1.807) is 0 Å². The maximum atomic E-state index is 12.3. The Hall–Kier alpha value is -1.56. The lowest BCUT2D eigenvalue weighted by molar-refractivity contribution is 0.0214. The summed E-state index contributed by atoms with van der Waals surface area (Å²) in [5.41, 5.74) is 0.599. The Labute approximate surface area is 139 Å². The monoisotopic (exact) mass is 322 g/mol. The van der Waals surface area contributed by atoms with Crippen LogP contribution in [0.1, 0.15) is 52.7 Å². The zero-order valence-electron chi connectivity index (χ0n) is 15.0. The van der Waals surface area contributed by atoms with Crippen LogP contribution in [-0.4, -0.2) is 45.0 Å². The minimum atomic E-state index is -0.437. The molecule has 1 aromatic rings. The van der Waals surface area contributed by atoms with Gasteiger partial charge in [0.25, 0.3) is 0 Å². The Morgan fingerprint density at radius 2 is 2.26 bits per heavy atom. The summed E-state index contributed by atoms with van der Waals surface area (Å²) in [7, 11) is 1.92. The van der Waals surface area contributed by atoms with Gasteiger partial charge < -0.3 is 15.0 Å². The molecule has 2 heterocycles. The van der Waals surface area contributed by atoms with Crippen LogP contribution in [0.4, 0.5) is 4.79 Å². The highest BCUT2D eigenvalue weighted by atomic mass is 16.6. The predicted octanol–water partition coefficient (Wildman–Crippen LogP) is 2.69. The first-order valence-electron chi connectivity index (χ1n) is 8.46. The van der Waals surface area contributed by atoms with Crippen LogP contribution in [0.25, 0.3) is 0 Å². The summed E-state index contributed by atoms with van der Waals surface area (Å²) in [6.45, 7) is 9.44. The molecule has 23 heavy (non-hydrogen) atoms. The van der Waals surface area contributed by atoms with E-state index in [2.05, 4.69) is 17.3 Å². The number of rotatable bonds is 5. The van der Waals surface area contributed by atoms with Crippen LogP contribution in [0.2, 0.25) is 0 Å². The number of likely N-dealkylation sites (tertiary alicyclic amines) is 1. The fourth-order valence-corrected chi connectivity index (χ4v) is 2.97. The molecule has 0 radical (unpaired) electrons. The van der Waals surface area contributed by atoms with Gasteiger partial charge >= 0.3 is 6.09 Å². The van der Waals surface area contributed by atoms with Gasteiger partial charge in [-0.2, -0.15) is 5.10 Å². The number of aromatic nitrogens is 2. The summed E-state index contributed by atoms with van der Waals surface area (Å²) < 4.78 is 7.33. The number of aryl methyl sites for hydroxylation is 1. The van der Waals surface area contributed by atoms with E-state index in [1.807, 2.05) is 49.7 Å². The third-order valence-corrected chi connectivity index (χ3v) is 4.03. The highest BCUT2D eigenvalue weighted by Crippen LogP contribution is 2.24. The number of ether oxygens (including phenoxy) is 1. The summed E-state index contributed by atoms with van der Waals surface area (Å²) in [6, 6.07) is 2.60. The molecule has 2 unspecified atom stereocenters. The molecule has 1 aliphatic rings. The molecule has 2 atom stereocenters. The number of carbonyl (C=O) groups excluding carboxylic acids is 1. The zero-order chi connectivity index (χ0) is 17.0. The van der Waals surface area contributed by atoms with Gasteiger partial charge in [0.05, 0.1) is 5.69 Å². The van der Waals surface area contributed by atoms with Crippen molar-refractivity contribution in [2.75, 3.05) is 6.54 Å². The molecule has 6 nitrogen and oxygen atoms in total. The second kappa shape index (κ2) is 7.34. The standard InChI is InChI=1S/C17H30N4O2/c1-13(18-12-14-8-10-20(5)19-14)11-15-7-6-9-21(15)16(22)23-17(2,3)4/h8,10,13,15,18H,6-7,9,11-12H2,1-5H3. The van der Waals surface area contributed by atoms with Crippen LogP contribution in [0, 0.1) is 0 Å². The van der Waals surface area contributed by atoms with Crippen LogP contribution in [0.5, 0.6) is 0 Å². The van der Waals surface area contributed by atoms with Gasteiger partial charge in [-0.05, 0) is 53.0 Å². The SMILES string of the molecule is CC(CC1CCCN1C(=O)OC(C)(C)C)NCc1ccn(C)n1. The van der Waals surface area contributed by atoms with Crippen molar-refractivity contribution in [3.8, 4) is 0 Å². The maximum Gasteiger partial charge on any atom is 0.410 e. The molecule has 1 saturated heterocycles. The third kappa shape index (κ3) is 5.53. The number of hydrogen-bond donors (Lipinski definition) is 1. The number of carbonyl (C=O) groups is 1. The molecule has 1 N–H and O–H groups in total. The molecule has 0 bridgehead atoms. The molecule has 6 heteroatoms. The molecule has 1 amide bonds. The Morgan fingerprint density at radius 1 is 1.52 bits per heavy atom. The van der Waals surface area contributed by atoms with Crippen LogP contribution < -0.4 is 5.32 Å². The summed E-state index contributed by atoms with van der Waals surface area (Å²) >= 11 is 0. The Bertz CT molecular complexity index is 521.